The molecule has 0 saturated carbocycles. The second kappa shape index (κ2) is 5.51. The van der Waals surface area contributed by atoms with Gasteiger partial charge in [0.2, 0.25) is 5.91 Å². The number of nitrogens with one attached hydrogen (secondary N) is 1. The van der Waals surface area contributed by atoms with Gasteiger partial charge < -0.3 is 15.8 Å². The summed E-state index contributed by atoms with van der Waals surface area (Å²) < 4.78 is 5.93. The number of ether oxygens (including phenoxy) is 1. The summed E-state index contributed by atoms with van der Waals surface area (Å²) in [5.41, 5.74) is 6.78. The molecule has 0 saturated heterocycles. The van der Waals surface area contributed by atoms with Crippen LogP contribution in [0.2, 0.25) is 0 Å². The van der Waals surface area contributed by atoms with Crippen LogP contribution in [0.5, 0.6) is 0 Å². The maximum absolute atomic E-state index is 12.3. The van der Waals surface area contributed by atoms with Gasteiger partial charge in [-0.25, -0.2) is 0 Å². The van der Waals surface area contributed by atoms with Crippen molar-refractivity contribution in [3.8, 4) is 0 Å². The van der Waals surface area contributed by atoms with Gasteiger partial charge in [-0.1, -0.05) is 36.4 Å². The summed E-state index contributed by atoms with van der Waals surface area (Å²) in [6.45, 7) is 4.29. The molecule has 0 aromatic heterocycles. The predicted molar refractivity (Wildman–Crippen MR) is 90.8 cm³/mol. The molecular formula is C19H22N2O3. The molecule has 126 valence electrons. The molecule has 5 heteroatoms. The smallest absolute Gasteiger partial charge is 0.254 e. The molecule has 5 nitrogen and oxygen atoms in total. The summed E-state index contributed by atoms with van der Waals surface area (Å²) in [7, 11) is 1.56. The Morgan fingerprint density at radius 2 is 1.88 bits per heavy atom. The van der Waals surface area contributed by atoms with Crippen molar-refractivity contribution >= 4 is 11.8 Å². The predicted octanol–water partition coefficient (Wildman–Crippen LogP) is 1.80. The number of benzene rings is 1. The Hall–Kier alpha value is -2.56. The molecule has 24 heavy (non-hydrogen) atoms. The van der Waals surface area contributed by atoms with Crippen LogP contribution < -0.4 is 11.1 Å². The van der Waals surface area contributed by atoms with Crippen LogP contribution >= 0.6 is 0 Å². The fraction of sp³-hybridized carbons (Fsp3) is 0.368. The van der Waals surface area contributed by atoms with Crippen molar-refractivity contribution in [3.63, 3.8) is 0 Å². The molecule has 1 aliphatic heterocycles. The minimum Gasteiger partial charge on any atom is -0.492 e. The molecule has 0 spiro atoms. The lowest BCUT2D eigenvalue weighted by Crippen LogP contribution is -2.39. The summed E-state index contributed by atoms with van der Waals surface area (Å²) in [5.74, 6) is -0.135. The highest BCUT2D eigenvalue weighted by Gasteiger charge is 2.49. The number of hydrogen-bond acceptors (Lipinski definition) is 3. The van der Waals surface area contributed by atoms with E-state index in [1.165, 1.54) is 0 Å². The summed E-state index contributed by atoms with van der Waals surface area (Å²) in [6, 6.07) is 10.00. The summed E-state index contributed by atoms with van der Waals surface area (Å²) in [4.78, 5) is 24.4. The van der Waals surface area contributed by atoms with Crippen LogP contribution in [0.4, 0.5) is 0 Å². The first-order valence-electron chi connectivity index (χ1n) is 7.99. The van der Waals surface area contributed by atoms with Crippen molar-refractivity contribution in [2.24, 2.45) is 11.1 Å². The number of primary amides is 1. The van der Waals surface area contributed by atoms with Crippen molar-refractivity contribution < 1.29 is 14.3 Å². The highest BCUT2D eigenvalue weighted by Crippen LogP contribution is 2.50. The zero-order valence-electron chi connectivity index (χ0n) is 14.2. The minimum absolute atomic E-state index is 0.271. The minimum atomic E-state index is -0.912. The van der Waals surface area contributed by atoms with Crippen LogP contribution in [0.25, 0.3) is 0 Å². The van der Waals surface area contributed by atoms with E-state index in [0.717, 1.165) is 11.1 Å². The number of carbonyl (C=O) groups excluding carboxylic acids is 2. The molecular weight excluding hydrogens is 304 g/mol. The first kappa shape index (κ1) is 16.3. The van der Waals surface area contributed by atoms with E-state index in [1.807, 2.05) is 30.3 Å². The molecule has 3 N–H and O–H groups in total. The Labute approximate surface area is 141 Å². The number of nitrogens with two attached hydrogens (primary N) is 1. The Balaban J connectivity index is 2.16. The standard InChI is InChI=1S/C19H22N2O3/c1-18(17(20)23)9-13(16(22)21-3)15-14(10-18)19(2,11-24-15)12-7-5-4-6-8-12/h4-9H,10-11H2,1-3H3,(H2,20,23)(H,21,22). The van der Waals surface area contributed by atoms with Gasteiger partial charge in [-0.15, -0.1) is 0 Å². The third-order valence-corrected chi connectivity index (χ3v) is 5.14. The first-order chi connectivity index (χ1) is 11.3. The Kier molecular flexibility index (Phi) is 3.74. The largest absolute Gasteiger partial charge is 0.492 e. The van der Waals surface area contributed by atoms with Gasteiger partial charge in [0, 0.05) is 7.05 Å². The van der Waals surface area contributed by atoms with E-state index < -0.39 is 11.3 Å². The van der Waals surface area contributed by atoms with E-state index in [-0.39, 0.29) is 11.3 Å². The van der Waals surface area contributed by atoms with Crippen molar-refractivity contribution in [2.75, 3.05) is 13.7 Å². The van der Waals surface area contributed by atoms with Gasteiger partial charge in [0.15, 0.2) is 0 Å². The van der Waals surface area contributed by atoms with Gasteiger partial charge in [0.05, 0.1) is 16.4 Å². The van der Waals surface area contributed by atoms with E-state index in [0.29, 0.717) is 24.4 Å². The topological polar surface area (TPSA) is 81.4 Å². The molecule has 1 aromatic rings. The van der Waals surface area contributed by atoms with Crippen LogP contribution in [0.1, 0.15) is 25.8 Å². The molecule has 0 fully saturated rings. The molecule has 1 heterocycles. The van der Waals surface area contributed by atoms with E-state index in [9.17, 15) is 9.59 Å². The normalized spacial score (nSPS) is 28.7. The second-order valence-corrected chi connectivity index (χ2v) is 6.89. The SMILES string of the molecule is CNC(=O)C1=CC(C)(C(N)=O)CC2=C1OCC2(C)c1ccccc1. The number of rotatable bonds is 3. The fourth-order valence-electron chi connectivity index (χ4n) is 3.48. The maximum atomic E-state index is 12.3. The summed E-state index contributed by atoms with van der Waals surface area (Å²) >= 11 is 0. The van der Waals surface area contributed by atoms with Crippen molar-refractivity contribution in [2.45, 2.75) is 25.7 Å². The van der Waals surface area contributed by atoms with Gasteiger partial charge in [-0.3, -0.25) is 9.59 Å². The summed E-state index contributed by atoms with van der Waals surface area (Å²) in [5, 5.41) is 2.62. The molecule has 1 aromatic carbocycles. The average Bonchev–Trinajstić information content (AvgIpc) is 2.92. The number of likely N-dealkylation sites (N-methyl/N-ethyl adjacent to an activating group) is 1. The lowest BCUT2D eigenvalue weighted by Gasteiger charge is -2.34. The molecule has 0 radical (unpaired) electrons. The van der Waals surface area contributed by atoms with Crippen LogP contribution in [0.15, 0.2) is 53.3 Å². The molecule has 0 bridgehead atoms. The summed E-state index contributed by atoms with van der Waals surface area (Å²) in [6.07, 6.45) is 2.09. The lowest BCUT2D eigenvalue weighted by atomic mass is 9.67. The molecule has 2 aliphatic rings. The van der Waals surface area contributed by atoms with E-state index in [2.05, 4.69) is 12.2 Å². The quantitative estimate of drug-likeness (QED) is 0.888. The third kappa shape index (κ3) is 2.31. The fourth-order valence-corrected chi connectivity index (χ4v) is 3.48. The van der Waals surface area contributed by atoms with Gasteiger partial charge in [-0.2, -0.15) is 0 Å². The highest BCUT2D eigenvalue weighted by molar-refractivity contribution is 6.00. The van der Waals surface area contributed by atoms with Crippen molar-refractivity contribution in [1.29, 1.82) is 0 Å². The molecule has 2 atom stereocenters. The highest BCUT2D eigenvalue weighted by atomic mass is 16.5. The monoisotopic (exact) mass is 326 g/mol. The molecule has 2 amide bonds. The molecule has 2 unspecified atom stereocenters. The van der Waals surface area contributed by atoms with Crippen molar-refractivity contribution in [3.05, 3.63) is 58.9 Å². The van der Waals surface area contributed by atoms with Gasteiger partial charge in [-0.05, 0) is 31.4 Å². The average molecular weight is 326 g/mol. The Morgan fingerprint density at radius 3 is 2.46 bits per heavy atom. The number of hydrogen-bond donors (Lipinski definition) is 2. The van der Waals surface area contributed by atoms with Crippen LogP contribution in [-0.4, -0.2) is 25.5 Å². The zero-order valence-corrected chi connectivity index (χ0v) is 14.2. The number of amides is 2. The van der Waals surface area contributed by atoms with Gasteiger partial charge in [0.25, 0.3) is 5.91 Å². The third-order valence-electron chi connectivity index (χ3n) is 5.14. The van der Waals surface area contributed by atoms with Gasteiger partial charge >= 0.3 is 0 Å². The van der Waals surface area contributed by atoms with Crippen LogP contribution in [-0.2, 0) is 19.7 Å². The van der Waals surface area contributed by atoms with E-state index in [4.69, 9.17) is 10.5 Å². The number of carbonyl (C=O) groups is 2. The van der Waals surface area contributed by atoms with Crippen LogP contribution in [0.3, 0.4) is 0 Å². The maximum Gasteiger partial charge on any atom is 0.254 e. The lowest BCUT2D eigenvalue weighted by molar-refractivity contribution is -0.124. The zero-order chi connectivity index (χ0) is 17.5. The first-order valence-corrected chi connectivity index (χ1v) is 7.99. The van der Waals surface area contributed by atoms with E-state index >= 15 is 0 Å². The second-order valence-electron chi connectivity index (χ2n) is 6.89. The molecule has 1 aliphatic carbocycles. The molecule has 3 rings (SSSR count). The van der Waals surface area contributed by atoms with Crippen LogP contribution in [0, 0.1) is 5.41 Å². The Morgan fingerprint density at radius 1 is 1.21 bits per heavy atom. The van der Waals surface area contributed by atoms with Gasteiger partial charge in [0.1, 0.15) is 12.4 Å². The Bertz CT molecular complexity index is 766. The van der Waals surface area contributed by atoms with E-state index in [1.54, 1.807) is 20.0 Å². The van der Waals surface area contributed by atoms with Crippen molar-refractivity contribution in [1.82, 2.24) is 5.32 Å².